The van der Waals surface area contributed by atoms with Crippen molar-refractivity contribution in [2.75, 3.05) is 6.54 Å². The van der Waals surface area contributed by atoms with E-state index in [9.17, 15) is 4.79 Å². The molecule has 0 atom stereocenters. The second-order valence-corrected chi connectivity index (χ2v) is 5.91. The quantitative estimate of drug-likeness (QED) is 0.568. The number of unbranched alkanes of at least 4 members (excludes halogenated alkanes) is 4. The second-order valence-electron chi connectivity index (χ2n) is 5.91. The van der Waals surface area contributed by atoms with Crippen LogP contribution >= 0.6 is 0 Å². The first-order chi connectivity index (χ1) is 7.98. The molecule has 0 rings (SSSR count). The highest BCUT2D eigenvalue weighted by molar-refractivity contribution is 5.72. The molecule has 2 nitrogen and oxygen atoms in total. The molecule has 0 saturated carbocycles. The van der Waals surface area contributed by atoms with Gasteiger partial charge in [0, 0.05) is 13.5 Å². The van der Waals surface area contributed by atoms with Crippen LogP contribution < -0.4 is 5.32 Å². The first kappa shape index (κ1) is 16.5. The minimum absolute atomic E-state index is 0.0855. The Morgan fingerprint density at radius 3 is 2.18 bits per heavy atom. The van der Waals surface area contributed by atoms with Crippen LogP contribution in [-0.2, 0) is 4.79 Å². The van der Waals surface area contributed by atoms with Crippen molar-refractivity contribution < 1.29 is 4.79 Å². The maximum absolute atomic E-state index is 10.7. The van der Waals surface area contributed by atoms with E-state index in [2.05, 4.69) is 26.1 Å². The fraction of sp³-hybridized carbons (Fsp3) is 0.933. The fourth-order valence-electron chi connectivity index (χ4n) is 2.16. The van der Waals surface area contributed by atoms with Crippen LogP contribution in [0.1, 0.15) is 79.1 Å². The smallest absolute Gasteiger partial charge is 0.216 e. The molecule has 0 bridgehead atoms. The normalized spacial score (nSPS) is 11.5. The van der Waals surface area contributed by atoms with E-state index in [0.29, 0.717) is 5.41 Å². The van der Waals surface area contributed by atoms with Crippen molar-refractivity contribution >= 4 is 5.91 Å². The van der Waals surface area contributed by atoms with E-state index in [1.165, 1.54) is 44.9 Å². The highest BCUT2D eigenvalue weighted by Gasteiger charge is 2.16. The fourth-order valence-corrected chi connectivity index (χ4v) is 2.16. The lowest BCUT2D eigenvalue weighted by Crippen LogP contribution is -2.22. The van der Waals surface area contributed by atoms with E-state index in [1.807, 2.05) is 0 Å². The molecule has 0 unspecified atom stereocenters. The lowest BCUT2D eigenvalue weighted by molar-refractivity contribution is -0.118. The maximum atomic E-state index is 10.7. The average molecular weight is 241 g/mol. The molecule has 0 aromatic carbocycles. The van der Waals surface area contributed by atoms with Crippen molar-refractivity contribution in [3.8, 4) is 0 Å². The van der Waals surface area contributed by atoms with Crippen molar-refractivity contribution in [1.82, 2.24) is 5.32 Å². The summed E-state index contributed by atoms with van der Waals surface area (Å²) in [5.41, 5.74) is 0.435. The monoisotopic (exact) mass is 241 g/mol. The third kappa shape index (κ3) is 11.7. The molecule has 0 aromatic heterocycles. The van der Waals surface area contributed by atoms with Gasteiger partial charge in [-0.15, -0.1) is 0 Å². The molecular weight excluding hydrogens is 210 g/mol. The highest BCUT2D eigenvalue weighted by Crippen LogP contribution is 2.29. The first-order valence-corrected chi connectivity index (χ1v) is 7.22. The van der Waals surface area contributed by atoms with E-state index in [-0.39, 0.29) is 5.91 Å². The molecule has 0 aliphatic heterocycles. The third-order valence-corrected chi connectivity index (χ3v) is 3.36. The predicted molar refractivity (Wildman–Crippen MR) is 75.1 cm³/mol. The number of hydrogen-bond donors (Lipinski definition) is 1. The van der Waals surface area contributed by atoms with Gasteiger partial charge in [-0.3, -0.25) is 4.79 Å². The van der Waals surface area contributed by atoms with E-state index < -0.39 is 0 Å². The van der Waals surface area contributed by atoms with Gasteiger partial charge in [0.1, 0.15) is 0 Å². The Balaban J connectivity index is 3.47. The van der Waals surface area contributed by atoms with E-state index in [4.69, 9.17) is 0 Å². The zero-order valence-electron chi connectivity index (χ0n) is 12.3. The van der Waals surface area contributed by atoms with Crippen LogP contribution in [0.2, 0.25) is 0 Å². The Bertz CT molecular complexity index is 199. The van der Waals surface area contributed by atoms with Gasteiger partial charge >= 0.3 is 0 Å². The van der Waals surface area contributed by atoms with Crippen LogP contribution in [0, 0.1) is 5.41 Å². The number of carbonyl (C=O) groups excluding carboxylic acids is 1. The molecule has 2 heteroatoms. The van der Waals surface area contributed by atoms with Crippen molar-refractivity contribution in [1.29, 1.82) is 0 Å². The molecule has 0 heterocycles. The lowest BCUT2D eigenvalue weighted by Gasteiger charge is -2.24. The van der Waals surface area contributed by atoms with Gasteiger partial charge in [-0.2, -0.15) is 0 Å². The molecule has 0 aliphatic carbocycles. The van der Waals surface area contributed by atoms with Crippen LogP contribution in [0.4, 0.5) is 0 Å². The average Bonchev–Trinajstić information content (AvgIpc) is 2.24. The van der Waals surface area contributed by atoms with Crippen LogP contribution in [0.3, 0.4) is 0 Å². The number of nitrogens with one attached hydrogen (secondary N) is 1. The maximum Gasteiger partial charge on any atom is 0.216 e. The Morgan fingerprint density at radius 2 is 1.59 bits per heavy atom. The molecule has 1 amide bonds. The van der Waals surface area contributed by atoms with E-state index >= 15 is 0 Å². The number of hydrogen-bond acceptors (Lipinski definition) is 1. The van der Waals surface area contributed by atoms with Crippen LogP contribution in [0.25, 0.3) is 0 Å². The van der Waals surface area contributed by atoms with Gasteiger partial charge in [-0.05, 0) is 24.7 Å². The van der Waals surface area contributed by atoms with Gasteiger partial charge in [0.25, 0.3) is 0 Å². The van der Waals surface area contributed by atoms with Crippen LogP contribution in [0.5, 0.6) is 0 Å². The van der Waals surface area contributed by atoms with E-state index in [0.717, 1.165) is 13.0 Å². The molecule has 17 heavy (non-hydrogen) atoms. The van der Waals surface area contributed by atoms with E-state index in [1.54, 1.807) is 6.92 Å². The van der Waals surface area contributed by atoms with Gasteiger partial charge in [0.05, 0.1) is 0 Å². The van der Waals surface area contributed by atoms with Gasteiger partial charge in [0.2, 0.25) is 5.91 Å². The first-order valence-electron chi connectivity index (χ1n) is 7.22. The molecule has 0 aromatic rings. The lowest BCUT2D eigenvalue weighted by atomic mass is 9.82. The SMILES string of the molecule is CCCCCCCC(C)(C)CCCNC(C)=O. The molecular formula is C15H31NO. The predicted octanol–water partition coefficient (Wildman–Crippen LogP) is 4.29. The summed E-state index contributed by atoms with van der Waals surface area (Å²) in [7, 11) is 0. The van der Waals surface area contributed by atoms with Gasteiger partial charge < -0.3 is 5.32 Å². The zero-order chi connectivity index (χ0) is 13.1. The van der Waals surface area contributed by atoms with Crippen LogP contribution in [-0.4, -0.2) is 12.5 Å². The second kappa shape index (κ2) is 9.49. The molecule has 0 saturated heterocycles. The summed E-state index contributed by atoms with van der Waals surface area (Å²) < 4.78 is 0. The molecule has 102 valence electrons. The summed E-state index contributed by atoms with van der Waals surface area (Å²) in [6, 6.07) is 0. The molecule has 0 radical (unpaired) electrons. The van der Waals surface area contributed by atoms with Crippen molar-refractivity contribution in [3.63, 3.8) is 0 Å². The largest absolute Gasteiger partial charge is 0.356 e. The standard InChI is InChI=1S/C15H31NO/c1-5-6-7-8-9-11-15(3,4)12-10-13-16-14(2)17/h5-13H2,1-4H3,(H,16,17). The molecule has 0 fully saturated rings. The summed E-state index contributed by atoms with van der Waals surface area (Å²) in [5.74, 6) is 0.0855. The van der Waals surface area contributed by atoms with Gasteiger partial charge in [-0.1, -0.05) is 52.9 Å². The number of rotatable bonds is 10. The summed E-state index contributed by atoms with van der Waals surface area (Å²) in [5, 5.41) is 2.86. The minimum atomic E-state index is 0.0855. The summed E-state index contributed by atoms with van der Waals surface area (Å²) in [6.45, 7) is 9.36. The van der Waals surface area contributed by atoms with Gasteiger partial charge in [0.15, 0.2) is 0 Å². The zero-order valence-corrected chi connectivity index (χ0v) is 12.3. The topological polar surface area (TPSA) is 29.1 Å². The van der Waals surface area contributed by atoms with Crippen molar-refractivity contribution in [2.24, 2.45) is 5.41 Å². The minimum Gasteiger partial charge on any atom is -0.356 e. The van der Waals surface area contributed by atoms with Crippen LogP contribution in [0.15, 0.2) is 0 Å². The summed E-state index contributed by atoms with van der Waals surface area (Å²) in [6.07, 6.45) is 10.4. The summed E-state index contributed by atoms with van der Waals surface area (Å²) in [4.78, 5) is 10.7. The Labute approximate surface area is 108 Å². The number of amides is 1. The van der Waals surface area contributed by atoms with Gasteiger partial charge in [-0.25, -0.2) is 0 Å². The molecule has 0 aliphatic rings. The Morgan fingerprint density at radius 1 is 1.00 bits per heavy atom. The highest BCUT2D eigenvalue weighted by atomic mass is 16.1. The third-order valence-electron chi connectivity index (χ3n) is 3.36. The number of carbonyl (C=O) groups is 1. The van der Waals surface area contributed by atoms with Crippen molar-refractivity contribution in [2.45, 2.75) is 79.1 Å². The Hall–Kier alpha value is -0.530. The van der Waals surface area contributed by atoms with Crippen molar-refractivity contribution in [3.05, 3.63) is 0 Å². The Kier molecular flexibility index (Phi) is 9.20. The summed E-state index contributed by atoms with van der Waals surface area (Å²) >= 11 is 0. The molecule has 0 spiro atoms. The molecule has 1 N–H and O–H groups in total.